The molecule has 1 spiro atoms. The highest BCUT2D eigenvalue weighted by Gasteiger charge is 2.65. The van der Waals surface area contributed by atoms with E-state index in [1.54, 1.807) is 4.90 Å². The predicted molar refractivity (Wildman–Crippen MR) is 107 cm³/mol. The van der Waals surface area contributed by atoms with Gasteiger partial charge >= 0.3 is 0 Å². The Hall–Kier alpha value is -1.96. The Balaban J connectivity index is 1.54. The summed E-state index contributed by atoms with van der Waals surface area (Å²) in [6.07, 6.45) is 3.47. The van der Waals surface area contributed by atoms with Gasteiger partial charge in [-0.2, -0.15) is 0 Å². The average molecular weight is 399 g/mol. The van der Waals surface area contributed by atoms with E-state index in [1.165, 1.54) is 0 Å². The van der Waals surface area contributed by atoms with Crippen LogP contribution in [0, 0.1) is 17.8 Å². The molecule has 4 aliphatic rings. The molecule has 0 aromatic heterocycles. The zero-order valence-electron chi connectivity index (χ0n) is 16.6. The normalized spacial score (nSPS) is 36.3. The first kappa shape index (κ1) is 19.0. The van der Waals surface area contributed by atoms with E-state index in [0.29, 0.717) is 19.5 Å². The molecule has 5 rings (SSSR count). The predicted octanol–water partition coefficient (Wildman–Crippen LogP) is 0.768. The number of hydrogen-bond acceptors (Lipinski definition) is 5. The Bertz CT molecular complexity index is 818. The van der Waals surface area contributed by atoms with Crippen molar-refractivity contribution in [2.45, 2.75) is 37.3 Å². The van der Waals surface area contributed by atoms with Gasteiger partial charge in [0.2, 0.25) is 11.8 Å². The molecule has 0 unspecified atom stereocenters. The number of anilines is 1. The smallest absolute Gasteiger partial charge is 0.250 e. The van der Waals surface area contributed by atoms with Gasteiger partial charge in [-0.05, 0) is 38.3 Å². The number of para-hydroxylation sites is 1. The molecule has 1 aromatic carbocycles. The molecule has 0 bridgehead atoms. The lowest BCUT2D eigenvalue weighted by Crippen LogP contribution is -2.56. The Morgan fingerprint density at radius 3 is 2.59 bits per heavy atom. The number of nitrogens with one attached hydrogen (secondary N) is 1. The Morgan fingerprint density at radius 2 is 1.86 bits per heavy atom. The second kappa shape index (κ2) is 7.07. The van der Waals surface area contributed by atoms with Crippen molar-refractivity contribution >= 4 is 17.5 Å². The summed E-state index contributed by atoms with van der Waals surface area (Å²) in [5.41, 5.74) is 0.792. The Labute approximate surface area is 170 Å². The van der Waals surface area contributed by atoms with Crippen LogP contribution in [0.4, 0.5) is 5.69 Å². The number of hydrogen-bond donors (Lipinski definition) is 3. The summed E-state index contributed by atoms with van der Waals surface area (Å²) in [5, 5.41) is 22.4. The first-order valence-electron chi connectivity index (χ1n) is 10.8. The quantitative estimate of drug-likeness (QED) is 0.698. The van der Waals surface area contributed by atoms with E-state index < -0.39 is 11.5 Å². The molecule has 7 nitrogen and oxygen atoms in total. The molecule has 0 saturated carbocycles. The van der Waals surface area contributed by atoms with Gasteiger partial charge in [-0.3, -0.25) is 14.5 Å². The largest absolute Gasteiger partial charge is 0.396 e. The van der Waals surface area contributed by atoms with E-state index in [2.05, 4.69) is 10.2 Å². The standard InChI is InChI=1S/C22H29N3O4/c26-12-14-8-15(13-27)11-24(10-14)20(28)18-9-16-4-3-7-25(16)22(18)17-5-1-2-6-19(17)23-21(22)29/h1-2,5-6,14-16,18,26-27H,3-4,7-13H2,(H,23,29)/t14-,15+,16-,18+,22+/m1/s1. The van der Waals surface area contributed by atoms with Crippen molar-refractivity contribution in [1.29, 1.82) is 0 Å². The summed E-state index contributed by atoms with van der Waals surface area (Å²) in [4.78, 5) is 31.3. The number of benzene rings is 1. The van der Waals surface area contributed by atoms with Gasteiger partial charge in [-0.15, -0.1) is 0 Å². The maximum Gasteiger partial charge on any atom is 0.250 e. The summed E-state index contributed by atoms with van der Waals surface area (Å²) in [6, 6.07) is 7.99. The van der Waals surface area contributed by atoms with Crippen LogP contribution in [0.25, 0.3) is 0 Å². The van der Waals surface area contributed by atoms with E-state index in [-0.39, 0.29) is 42.9 Å². The first-order chi connectivity index (χ1) is 14.1. The summed E-state index contributed by atoms with van der Waals surface area (Å²) in [6.45, 7) is 1.83. The molecule has 4 heterocycles. The summed E-state index contributed by atoms with van der Waals surface area (Å²) < 4.78 is 0. The van der Waals surface area contributed by atoms with Crippen molar-refractivity contribution in [3.63, 3.8) is 0 Å². The zero-order valence-corrected chi connectivity index (χ0v) is 16.6. The molecule has 156 valence electrons. The molecule has 3 N–H and O–H groups in total. The molecule has 3 fully saturated rings. The zero-order chi connectivity index (χ0) is 20.2. The number of carbonyl (C=O) groups excluding carboxylic acids is 2. The number of fused-ring (bicyclic) bond motifs is 4. The fourth-order valence-electron chi connectivity index (χ4n) is 6.35. The van der Waals surface area contributed by atoms with Gasteiger partial charge in [-0.1, -0.05) is 18.2 Å². The fourth-order valence-corrected chi connectivity index (χ4v) is 6.35. The van der Waals surface area contributed by atoms with Gasteiger partial charge in [0.25, 0.3) is 0 Å². The second-order valence-electron chi connectivity index (χ2n) is 9.12. The summed E-state index contributed by atoms with van der Waals surface area (Å²) in [5.74, 6) is -0.578. The number of likely N-dealkylation sites (tertiary alicyclic amines) is 1. The van der Waals surface area contributed by atoms with Crippen LogP contribution < -0.4 is 5.32 Å². The molecule has 1 aromatic rings. The lowest BCUT2D eigenvalue weighted by molar-refractivity contribution is -0.147. The van der Waals surface area contributed by atoms with Gasteiger partial charge in [0.1, 0.15) is 5.54 Å². The van der Waals surface area contributed by atoms with Crippen LogP contribution in [-0.4, -0.2) is 70.7 Å². The lowest BCUT2D eigenvalue weighted by atomic mass is 9.77. The van der Waals surface area contributed by atoms with Gasteiger partial charge in [-0.25, -0.2) is 0 Å². The van der Waals surface area contributed by atoms with Crippen molar-refractivity contribution in [2.75, 3.05) is 38.2 Å². The number of aliphatic hydroxyl groups is 2. The minimum absolute atomic E-state index is 0.00809. The minimum atomic E-state index is -0.935. The van der Waals surface area contributed by atoms with Gasteiger partial charge in [0, 0.05) is 55.4 Å². The van der Waals surface area contributed by atoms with E-state index >= 15 is 0 Å². The topological polar surface area (TPSA) is 93.1 Å². The Morgan fingerprint density at radius 1 is 1.14 bits per heavy atom. The third-order valence-corrected chi connectivity index (χ3v) is 7.52. The van der Waals surface area contributed by atoms with Crippen LogP contribution in [0.1, 0.15) is 31.2 Å². The molecule has 2 amide bonds. The van der Waals surface area contributed by atoms with Crippen LogP contribution in [0.2, 0.25) is 0 Å². The number of carbonyl (C=O) groups is 2. The number of aliphatic hydroxyl groups excluding tert-OH is 2. The first-order valence-corrected chi connectivity index (χ1v) is 10.8. The van der Waals surface area contributed by atoms with Crippen molar-refractivity contribution < 1.29 is 19.8 Å². The minimum Gasteiger partial charge on any atom is -0.396 e. The highest BCUT2D eigenvalue weighted by Crippen LogP contribution is 2.55. The average Bonchev–Trinajstić information content (AvgIpc) is 3.41. The number of piperidine rings is 1. The third kappa shape index (κ3) is 2.67. The maximum atomic E-state index is 13.8. The second-order valence-corrected chi connectivity index (χ2v) is 9.12. The number of rotatable bonds is 3. The molecule has 0 aliphatic carbocycles. The fraction of sp³-hybridized carbons (Fsp3) is 0.636. The van der Waals surface area contributed by atoms with Crippen molar-refractivity contribution in [3.8, 4) is 0 Å². The van der Waals surface area contributed by atoms with Crippen LogP contribution in [0.3, 0.4) is 0 Å². The lowest BCUT2D eigenvalue weighted by Gasteiger charge is -2.41. The molecule has 0 radical (unpaired) electrons. The number of amides is 2. The van der Waals surface area contributed by atoms with Gasteiger partial charge in [0.15, 0.2) is 0 Å². The van der Waals surface area contributed by atoms with E-state index in [4.69, 9.17) is 0 Å². The number of nitrogens with zero attached hydrogens (tertiary/aromatic N) is 2. The van der Waals surface area contributed by atoms with Crippen LogP contribution >= 0.6 is 0 Å². The van der Waals surface area contributed by atoms with E-state index in [0.717, 1.165) is 37.1 Å². The summed E-state index contributed by atoms with van der Waals surface area (Å²) >= 11 is 0. The van der Waals surface area contributed by atoms with E-state index in [9.17, 15) is 19.8 Å². The third-order valence-electron chi connectivity index (χ3n) is 7.52. The highest BCUT2D eigenvalue weighted by atomic mass is 16.3. The van der Waals surface area contributed by atoms with Gasteiger partial charge < -0.3 is 20.4 Å². The van der Waals surface area contributed by atoms with Crippen LogP contribution in [0.15, 0.2) is 24.3 Å². The molecular formula is C22H29N3O4. The van der Waals surface area contributed by atoms with Crippen molar-refractivity contribution in [3.05, 3.63) is 29.8 Å². The molecule has 5 atom stereocenters. The molecule has 4 aliphatic heterocycles. The Kier molecular flexibility index (Phi) is 4.64. The SMILES string of the molecule is O=C([C@@H]1C[C@H]2CCCN2[C@]12C(=O)Nc1ccccc12)N1C[C@H](CO)C[C@H](CO)C1. The molecule has 29 heavy (non-hydrogen) atoms. The molecular weight excluding hydrogens is 370 g/mol. The van der Waals surface area contributed by atoms with Crippen molar-refractivity contribution in [2.24, 2.45) is 17.8 Å². The highest BCUT2D eigenvalue weighted by molar-refractivity contribution is 6.09. The summed E-state index contributed by atoms with van der Waals surface area (Å²) in [7, 11) is 0. The molecule has 3 saturated heterocycles. The van der Waals surface area contributed by atoms with E-state index in [1.807, 2.05) is 24.3 Å². The maximum absolute atomic E-state index is 13.8. The monoisotopic (exact) mass is 399 g/mol. The van der Waals surface area contributed by atoms with Crippen LogP contribution in [0.5, 0.6) is 0 Å². The van der Waals surface area contributed by atoms with Crippen LogP contribution in [-0.2, 0) is 15.1 Å². The molecule has 7 heteroatoms. The van der Waals surface area contributed by atoms with Crippen molar-refractivity contribution in [1.82, 2.24) is 9.80 Å². The van der Waals surface area contributed by atoms with Gasteiger partial charge in [0.05, 0.1) is 5.92 Å².